The molecule has 6 heterocycles. The lowest BCUT2D eigenvalue weighted by Gasteiger charge is -2.38. The maximum atomic E-state index is 14.5. The van der Waals surface area contributed by atoms with Gasteiger partial charge in [0, 0.05) is 45.4 Å². The molecule has 0 saturated carbocycles. The van der Waals surface area contributed by atoms with Crippen LogP contribution in [0.3, 0.4) is 0 Å². The predicted octanol–water partition coefficient (Wildman–Crippen LogP) is -0.638. The number of nitrogens with one attached hydrogen (secondary N) is 2. The molecule has 0 aromatic heterocycles. The summed E-state index contributed by atoms with van der Waals surface area (Å²) in [6.07, 6.45) is -24.4. The number of aliphatic carboxylic acids is 2. The van der Waals surface area contributed by atoms with Gasteiger partial charge in [-0.15, -0.1) is 0 Å². The number of fused-ring (bicyclic) bond motifs is 4. The Hall–Kier alpha value is -10.0. The minimum Gasteiger partial charge on any atom is -0.493 e. The summed E-state index contributed by atoms with van der Waals surface area (Å²) < 4.78 is 62.5. The summed E-state index contributed by atoms with van der Waals surface area (Å²) in [5, 5.41) is 111. The van der Waals surface area contributed by atoms with E-state index >= 15 is 0 Å². The van der Waals surface area contributed by atoms with Crippen molar-refractivity contribution in [2.24, 2.45) is 5.90 Å². The zero-order valence-electron chi connectivity index (χ0n) is 56.9. The number of aliphatic hydroxyl groups is 8. The second kappa shape index (κ2) is 33.8. The van der Waals surface area contributed by atoms with Gasteiger partial charge >= 0.3 is 24.1 Å². The van der Waals surface area contributed by atoms with Gasteiger partial charge in [0.15, 0.2) is 47.7 Å². The predicted molar refractivity (Wildman–Crippen MR) is 355 cm³/mol. The molecule has 10 rings (SSSR count). The van der Waals surface area contributed by atoms with Gasteiger partial charge < -0.3 is 128 Å². The Morgan fingerprint density at radius 3 is 1.31 bits per heavy atom. The van der Waals surface area contributed by atoms with Crippen LogP contribution in [0.4, 0.5) is 21.0 Å². The first-order valence-electron chi connectivity index (χ1n) is 32.9. The topological polar surface area (TPSA) is 513 Å². The molecule has 568 valence electrons. The fraction of sp³-hybridized carbons (Fsp3) is 0.471. The quantitative estimate of drug-likeness (QED) is 0.0191. The fourth-order valence-electron chi connectivity index (χ4n) is 12.7. The highest BCUT2D eigenvalue weighted by molar-refractivity contribution is 6.07. The third-order valence-electron chi connectivity index (χ3n) is 18.1. The van der Waals surface area contributed by atoms with Crippen LogP contribution in [0.15, 0.2) is 85.0 Å². The lowest BCUT2D eigenvalue weighted by Crippen LogP contribution is -2.61. The number of aliphatic hydroxyl groups excluding tert-OH is 8. The number of hydrogen-bond acceptors (Lipinski definition) is 29. The monoisotopic (exact) mass is 1480 g/mol. The number of carboxylic acids is 2. The lowest BCUT2D eigenvalue weighted by molar-refractivity contribution is -0.271. The number of carbonyl (C=O) groups excluding carboxylic acids is 6. The van der Waals surface area contributed by atoms with Crippen molar-refractivity contribution in [2.75, 3.05) is 83.7 Å². The number of anilines is 2. The van der Waals surface area contributed by atoms with Crippen molar-refractivity contribution in [2.45, 2.75) is 131 Å². The highest BCUT2D eigenvalue weighted by Crippen LogP contribution is 2.45. The van der Waals surface area contributed by atoms with E-state index in [0.717, 1.165) is 9.80 Å². The van der Waals surface area contributed by atoms with E-state index in [1.165, 1.54) is 91.8 Å². The van der Waals surface area contributed by atoms with Crippen LogP contribution in [0.5, 0.6) is 34.5 Å². The van der Waals surface area contributed by atoms with Crippen molar-refractivity contribution in [3.63, 3.8) is 0 Å². The second-order valence-corrected chi connectivity index (χ2v) is 25.1. The number of benzene rings is 4. The Labute approximate surface area is 597 Å². The normalized spacial score (nSPS) is 25.5. The van der Waals surface area contributed by atoms with E-state index in [-0.39, 0.29) is 145 Å². The summed E-state index contributed by atoms with van der Waals surface area (Å²) in [7, 11) is 4.07. The molecule has 4 saturated heterocycles. The number of methoxy groups -OCH3 is 3. The van der Waals surface area contributed by atoms with Gasteiger partial charge in [0.1, 0.15) is 61.3 Å². The van der Waals surface area contributed by atoms with Crippen LogP contribution in [0.2, 0.25) is 0 Å². The average molecular weight is 1480 g/mol. The third-order valence-corrected chi connectivity index (χ3v) is 18.1. The Balaban J connectivity index is 0.823. The molecule has 14 atom stereocenters. The summed E-state index contributed by atoms with van der Waals surface area (Å²) in [4.78, 5) is 118. The fourth-order valence-corrected chi connectivity index (χ4v) is 12.7. The van der Waals surface area contributed by atoms with E-state index in [1.54, 1.807) is 0 Å². The van der Waals surface area contributed by atoms with E-state index in [2.05, 4.69) is 28.6 Å². The maximum Gasteiger partial charge on any atom is 0.416 e. The maximum absolute atomic E-state index is 14.5. The van der Waals surface area contributed by atoms with Crippen LogP contribution < -0.4 is 54.8 Å². The Bertz CT molecular complexity index is 3710. The van der Waals surface area contributed by atoms with Crippen LogP contribution in [0.1, 0.15) is 84.7 Å². The van der Waals surface area contributed by atoms with Crippen LogP contribution in [0, 0.1) is 0 Å². The van der Waals surface area contributed by atoms with Crippen molar-refractivity contribution < 1.29 is 146 Å². The summed E-state index contributed by atoms with van der Waals surface area (Å²) in [6.45, 7) is 6.83. The van der Waals surface area contributed by atoms with Gasteiger partial charge in [0.05, 0.1) is 86.4 Å². The smallest absolute Gasteiger partial charge is 0.416 e. The SMILES string of the molecule is C=C1C[C@H]2C(O)N(C(=O)OCc3ccc(O[C@@H]4O[C@H](C(=O)O)[C@@H](O)[C@H](O)[C@H]4O)c(C(=O)NCCOC)c3)c3cc(OCCCCCOc4cc5c(cc4OC)C(=O)N4CC(=C)C[C@H]4C(O)N5C(=O)OCc4ccc(O[C@@H]5O[C@H](C(=O)O)[C@@H](O)[C@H](O)[C@H]5O)c(C(=O)NCCON)c4)c(OC)cc3C(=O)N2C1. The molecule has 14 N–H and O–H groups in total. The van der Waals surface area contributed by atoms with Gasteiger partial charge in [0.2, 0.25) is 12.6 Å². The van der Waals surface area contributed by atoms with Crippen molar-refractivity contribution >= 4 is 59.1 Å². The number of ether oxygens (including phenoxy) is 11. The molecule has 4 fully saturated rings. The Kier molecular flexibility index (Phi) is 25.0. The molecule has 4 aromatic carbocycles. The van der Waals surface area contributed by atoms with Crippen molar-refractivity contribution in [3.05, 3.63) is 118 Å². The van der Waals surface area contributed by atoms with E-state index in [1.807, 2.05) is 0 Å². The third kappa shape index (κ3) is 16.7. The minimum atomic E-state index is -2.04. The number of carbonyl (C=O) groups is 8. The van der Waals surface area contributed by atoms with Crippen molar-refractivity contribution in [1.82, 2.24) is 20.4 Å². The molecule has 6 amide bonds. The number of carboxylic acid groups (broad SMARTS) is 2. The number of nitrogens with zero attached hydrogens (tertiary/aromatic N) is 4. The van der Waals surface area contributed by atoms with Crippen LogP contribution in [-0.4, -0.2) is 269 Å². The summed E-state index contributed by atoms with van der Waals surface area (Å²) in [6, 6.07) is 11.0. The molecule has 0 spiro atoms. The van der Waals surface area contributed by atoms with E-state index in [4.69, 9.17) is 58.0 Å². The molecule has 0 radical (unpaired) electrons. The second-order valence-electron chi connectivity index (χ2n) is 25.1. The first kappa shape index (κ1) is 77.6. The molecule has 37 heteroatoms. The van der Waals surface area contributed by atoms with Gasteiger partial charge in [-0.3, -0.25) is 19.2 Å². The lowest BCUT2D eigenvalue weighted by atomic mass is 9.99. The zero-order chi connectivity index (χ0) is 75.8. The molecule has 37 nitrogen and oxygen atoms in total. The standard InChI is InChI=1S/C68H81N7O30/c1-31-19-41-61(86)74(67(92)99-29-33-9-11-43(37(21-33)57(82)70-13-17-94-3)102-65-53(80)49(76)51(78)55(104-65)63(88)89)39-25-47(45(95-4)23-35(39)59(84)72(41)27-31)97-15-7-6-8-16-98-48-26-40-36(24-46(48)96-5)60(85)73-28-32(2)20-42(73)62(87)75(40)68(93)100-30-34-10-12-44(38(22-34)58(83)71-14-18-101-69)103-66-54(81)50(77)52(79)56(105-66)64(90)91/h9-12,21-26,41-42,49-56,61-62,65-66,76-81,86-87H,1-2,6-8,13-20,27-30,69H2,3-5H3,(H,70,82)(H,71,83)(H,88,89)(H,90,91)/t41-,42-,49-,50-,51-,52-,53+,54+,55-,56-,61?,62?,65+,66+/m0/s1. The summed E-state index contributed by atoms with van der Waals surface area (Å²) in [5.74, 6) is -1.30. The number of nitrogens with two attached hydrogens (primary N) is 1. The molecule has 105 heavy (non-hydrogen) atoms. The van der Waals surface area contributed by atoms with E-state index < -0.39 is 147 Å². The van der Waals surface area contributed by atoms with Crippen molar-refractivity contribution in [1.29, 1.82) is 0 Å². The van der Waals surface area contributed by atoms with E-state index in [0.29, 0.717) is 30.4 Å². The van der Waals surface area contributed by atoms with Gasteiger partial charge in [0.25, 0.3) is 23.6 Å². The van der Waals surface area contributed by atoms with Crippen LogP contribution in [-0.2, 0) is 51.3 Å². The van der Waals surface area contributed by atoms with Crippen LogP contribution >= 0.6 is 0 Å². The highest BCUT2D eigenvalue weighted by Gasteiger charge is 2.52. The molecule has 2 unspecified atom stereocenters. The average Bonchev–Trinajstić information content (AvgIpc) is 1.47. The first-order chi connectivity index (χ1) is 50.2. The number of unbranched alkanes of at least 4 members (excludes halogenated alkanes) is 2. The van der Waals surface area contributed by atoms with Gasteiger partial charge in [-0.25, -0.2) is 34.9 Å². The highest BCUT2D eigenvalue weighted by atomic mass is 16.7. The largest absolute Gasteiger partial charge is 0.493 e. The molecule has 0 aliphatic carbocycles. The Morgan fingerprint density at radius 1 is 0.524 bits per heavy atom. The minimum absolute atomic E-state index is 0.00227. The molecule has 0 bridgehead atoms. The van der Waals surface area contributed by atoms with Gasteiger partial charge in [-0.1, -0.05) is 36.4 Å². The Morgan fingerprint density at radius 2 is 0.933 bits per heavy atom. The molecule has 6 aliphatic rings. The summed E-state index contributed by atoms with van der Waals surface area (Å²) in [5.41, 5.74) is 0.578. The van der Waals surface area contributed by atoms with Gasteiger partial charge in [-0.2, -0.15) is 0 Å². The van der Waals surface area contributed by atoms with E-state index in [9.17, 15) is 89.4 Å². The zero-order valence-corrected chi connectivity index (χ0v) is 56.9. The molecular formula is C68H81N7O30. The number of hydrogen-bond donors (Lipinski definition) is 13. The molecular weight excluding hydrogens is 1390 g/mol. The summed E-state index contributed by atoms with van der Waals surface area (Å²) >= 11 is 0. The molecule has 6 aliphatic heterocycles. The van der Waals surface area contributed by atoms with Crippen molar-refractivity contribution in [3.8, 4) is 34.5 Å². The number of rotatable bonds is 28. The number of amides is 6. The first-order valence-corrected chi connectivity index (χ1v) is 32.9. The van der Waals surface area contributed by atoms with Gasteiger partial charge in [-0.05, 0) is 79.6 Å². The molecule has 4 aromatic rings. The van der Waals surface area contributed by atoms with Crippen LogP contribution in [0.25, 0.3) is 0 Å².